The van der Waals surface area contributed by atoms with Gasteiger partial charge in [0.15, 0.2) is 0 Å². The normalized spacial score (nSPS) is 15.5. The van der Waals surface area contributed by atoms with Crippen molar-refractivity contribution >= 4 is 21.6 Å². The zero-order valence-electron chi connectivity index (χ0n) is 19.2. The minimum Gasteiger partial charge on any atom is -0.306 e. The Labute approximate surface area is 193 Å². The molecule has 2 aromatic carbocycles. The lowest BCUT2D eigenvalue weighted by Gasteiger charge is -2.31. The monoisotopic (exact) mass is 443 g/mol. The second-order valence-corrected chi connectivity index (χ2v) is 10.3. The fourth-order valence-electron chi connectivity index (χ4n) is 4.82. The summed E-state index contributed by atoms with van der Waals surface area (Å²) in [5.41, 5.74) is 5.65. The summed E-state index contributed by atoms with van der Waals surface area (Å²) in [6.07, 6.45) is 1.93. The number of piperidine rings is 1. The summed E-state index contributed by atoms with van der Waals surface area (Å²) < 4.78 is 2.01. The molecule has 1 aliphatic rings. The average molecular weight is 444 g/mol. The molecule has 1 saturated heterocycles. The van der Waals surface area contributed by atoms with E-state index in [0.29, 0.717) is 0 Å². The SMILES string of the molecule is Cc1ccc(-c2c(C)sc3nc(-c4cccc(C)c4)n(C4CCN(C)CC4)c(=O)c23)cc1. The molecule has 0 aliphatic carbocycles. The minimum atomic E-state index is 0.0981. The molecule has 0 saturated carbocycles. The largest absolute Gasteiger partial charge is 0.306 e. The molecule has 0 bridgehead atoms. The van der Waals surface area contributed by atoms with Crippen LogP contribution in [0.1, 0.15) is 34.9 Å². The van der Waals surface area contributed by atoms with Gasteiger partial charge in [-0.2, -0.15) is 0 Å². The van der Waals surface area contributed by atoms with Crippen LogP contribution in [-0.2, 0) is 0 Å². The fraction of sp³-hybridized carbons (Fsp3) is 0.333. The summed E-state index contributed by atoms with van der Waals surface area (Å²) in [7, 11) is 2.15. The van der Waals surface area contributed by atoms with Crippen LogP contribution in [0.4, 0.5) is 0 Å². The van der Waals surface area contributed by atoms with Gasteiger partial charge in [-0.3, -0.25) is 9.36 Å². The van der Waals surface area contributed by atoms with Crippen LogP contribution in [0.5, 0.6) is 0 Å². The van der Waals surface area contributed by atoms with Gasteiger partial charge in [0.05, 0.1) is 5.39 Å². The van der Waals surface area contributed by atoms with Gasteiger partial charge in [-0.15, -0.1) is 11.3 Å². The van der Waals surface area contributed by atoms with Crippen LogP contribution >= 0.6 is 11.3 Å². The molecule has 0 spiro atoms. The lowest BCUT2D eigenvalue weighted by Crippen LogP contribution is -2.36. The molecule has 5 heteroatoms. The van der Waals surface area contributed by atoms with Crippen LogP contribution in [0.15, 0.2) is 53.3 Å². The highest BCUT2D eigenvalue weighted by Crippen LogP contribution is 2.38. The lowest BCUT2D eigenvalue weighted by atomic mass is 10.0. The van der Waals surface area contributed by atoms with Crippen molar-refractivity contribution in [2.75, 3.05) is 20.1 Å². The molecule has 0 unspecified atom stereocenters. The van der Waals surface area contributed by atoms with E-state index in [9.17, 15) is 4.79 Å². The number of rotatable bonds is 3. The van der Waals surface area contributed by atoms with Crippen LogP contribution in [0.2, 0.25) is 0 Å². The zero-order valence-corrected chi connectivity index (χ0v) is 20.0. The molecule has 5 rings (SSSR count). The third-order valence-electron chi connectivity index (χ3n) is 6.60. The van der Waals surface area contributed by atoms with Crippen molar-refractivity contribution in [1.29, 1.82) is 0 Å². The summed E-state index contributed by atoms with van der Waals surface area (Å²) in [6, 6.07) is 17.0. The van der Waals surface area contributed by atoms with Gasteiger partial charge in [0.2, 0.25) is 0 Å². The first kappa shape index (κ1) is 21.1. The van der Waals surface area contributed by atoms with Gasteiger partial charge < -0.3 is 4.90 Å². The Bertz CT molecular complexity index is 1340. The number of thiophene rings is 1. The smallest absolute Gasteiger partial charge is 0.263 e. The predicted molar refractivity (Wildman–Crippen MR) is 135 cm³/mol. The molecule has 4 nitrogen and oxygen atoms in total. The predicted octanol–water partition coefficient (Wildman–Crippen LogP) is 5.98. The summed E-state index contributed by atoms with van der Waals surface area (Å²) in [6.45, 7) is 8.27. The summed E-state index contributed by atoms with van der Waals surface area (Å²) in [5.74, 6) is 0.803. The zero-order chi connectivity index (χ0) is 22.4. The molecule has 0 atom stereocenters. The minimum absolute atomic E-state index is 0.0981. The standard InChI is InChI=1S/C27H29N3OS/c1-17-8-10-20(11-9-17)23-19(3)32-26-24(23)27(31)30(22-12-14-29(4)15-13-22)25(28-26)21-7-5-6-18(2)16-21/h5-11,16,22H,12-15H2,1-4H3. The number of aromatic nitrogens is 2. The Morgan fingerprint density at radius 3 is 2.34 bits per heavy atom. The van der Waals surface area contributed by atoms with Crippen LogP contribution in [-0.4, -0.2) is 34.6 Å². The van der Waals surface area contributed by atoms with Gasteiger partial charge in [0.1, 0.15) is 10.7 Å². The molecule has 0 radical (unpaired) electrons. The maximum absolute atomic E-state index is 14.2. The molecule has 164 valence electrons. The Hall–Kier alpha value is -2.76. The van der Waals surface area contributed by atoms with E-state index in [1.165, 1.54) is 11.1 Å². The number of benzene rings is 2. The van der Waals surface area contributed by atoms with Crippen molar-refractivity contribution in [1.82, 2.24) is 14.5 Å². The van der Waals surface area contributed by atoms with Gasteiger partial charge in [0.25, 0.3) is 5.56 Å². The number of fused-ring (bicyclic) bond motifs is 1. The van der Waals surface area contributed by atoms with Crippen molar-refractivity contribution in [2.45, 2.75) is 39.7 Å². The van der Waals surface area contributed by atoms with Gasteiger partial charge in [-0.1, -0.05) is 53.6 Å². The van der Waals surface area contributed by atoms with E-state index in [-0.39, 0.29) is 11.6 Å². The second-order valence-electron chi connectivity index (χ2n) is 9.09. The Balaban J connectivity index is 1.79. The van der Waals surface area contributed by atoms with E-state index in [1.54, 1.807) is 11.3 Å². The third kappa shape index (κ3) is 3.70. The third-order valence-corrected chi connectivity index (χ3v) is 7.60. The number of likely N-dealkylation sites (tertiary alicyclic amines) is 1. The number of aryl methyl sites for hydroxylation is 3. The van der Waals surface area contributed by atoms with E-state index in [4.69, 9.17) is 4.98 Å². The molecule has 1 fully saturated rings. The van der Waals surface area contributed by atoms with Crippen molar-refractivity contribution < 1.29 is 0 Å². The highest BCUT2D eigenvalue weighted by molar-refractivity contribution is 7.19. The van der Waals surface area contributed by atoms with Gasteiger partial charge in [-0.25, -0.2) is 4.98 Å². The van der Waals surface area contributed by atoms with Crippen LogP contribution in [0.3, 0.4) is 0 Å². The Morgan fingerprint density at radius 1 is 0.938 bits per heavy atom. The van der Waals surface area contributed by atoms with E-state index in [1.807, 2.05) is 4.57 Å². The Kier molecular flexibility index (Phi) is 5.48. The highest BCUT2D eigenvalue weighted by atomic mass is 32.1. The molecule has 32 heavy (non-hydrogen) atoms. The van der Waals surface area contributed by atoms with E-state index in [0.717, 1.165) is 63.5 Å². The van der Waals surface area contributed by atoms with Gasteiger partial charge in [-0.05, 0) is 65.4 Å². The van der Waals surface area contributed by atoms with Crippen molar-refractivity contribution in [3.8, 4) is 22.5 Å². The molecular formula is C27H29N3OS. The number of hydrogen-bond donors (Lipinski definition) is 0. The topological polar surface area (TPSA) is 38.1 Å². The molecular weight excluding hydrogens is 414 g/mol. The molecule has 4 aromatic rings. The fourth-order valence-corrected chi connectivity index (χ4v) is 5.86. The second kappa shape index (κ2) is 8.30. The lowest BCUT2D eigenvalue weighted by molar-refractivity contribution is 0.219. The summed E-state index contributed by atoms with van der Waals surface area (Å²) in [5, 5.41) is 0.770. The average Bonchev–Trinajstić information content (AvgIpc) is 3.11. The van der Waals surface area contributed by atoms with Crippen molar-refractivity contribution in [2.24, 2.45) is 0 Å². The van der Waals surface area contributed by atoms with Crippen molar-refractivity contribution in [3.63, 3.8) is 0 Å². The molecule has 0 amide bonds. The summed E-state index contributed by atoms with van der Waals surface area (Å²) >= 11 is 1.63. The first-order valence-electron chi connectivity index (χ1n) is 11.3. The van der Waals surface area contributed by atoms with Gasteiger partial charge in [0, 0.05) is 22.0 Å². The quantitative estimate of drug-likeness (QED) is 0.391. The Morgan fingerprint density at radius 2 is 1.66 bits per heavy atom. The van der Waals surface area contributed by atoms with E-state index >= 15 is 0 Å². The summed E-state index contributed by atoms with van der Waals surface area (Å²) in [4.78, 5) is 23.6. The van der Waals surface area contributed by atoms with Crippen LogP contribution in [0, 0.1) is 20.8 Å². The molecule has 0 N–H and O–H groups in total. The van der Waals surface area contributed by atoms with E-state index < -0.39 is 0 Å². The maximum atomic E-state index is 14.2. The first-order valence-corrected chi connectivity index (χ1v) is 12.1. The van der Waals surface area contributed by atoms with E-state index in [2.05, 4.69) is 81.2 Å². The number of hydrogen-bond acceptors (Lipinski definition) is 4. The first-order chi connectivity index (χ1) is 15.4. The maximum Gasteiger partial charge on any atom is 0.263 e. The van der Waals surface area contributed by atoms with Crippen molar-refractivity contribution in [3.05, 3.63) is 74.9 Å². The molecule has 1 aliphatic heterocycles. The van der Waals surface area contributed by atoms with Crippen LogP contribution < -0.4 is 5.56 Å². The number of nitrogens with zero attached hydrogens (tertiary/aromatic N) is 3. The van der Waals surface area contributed by atoms with Gasteiger partial charge >= 0.3 is 0 Å². The van der Waals surface area contributed by atoms with Crippen LogP contribution in [0.25, 0.3) is 32.7 Å². The molecule has 2 aromatic heterocycles. The molecule has 3 heterocycles. The highest BCUT2D eigenvalue weighted by Gasteiger charge is 2.26.